The summed E-state index contributed by atoms with van der Waals surface area (Å²) < 4.78 is 4.60. The van der Waals surface area contributed by atoms with Crippen molar-refractivity contribution in [3.63, 3.8) is 0 Å². The summed E-state index contributed by atoms with van der Waals surface area (Å²) >= 11 is 0. The van der Waals surface area contributed by atoms with Crippen molar-refractivity contribution in [1.29, 1.82) is 0 Å². The fourth-order valence-corrected chi connectivity index (χ4v) is 5.74. The predicted molar refractivity (Wildman–Crippen MR) is 158 cm³/mol. The van der Waals surface area contributed by atoms with E-state index in [4.69, 9.17) is 22.1 Å². The molecule has 2 N–H and O–H groups in total. The van der Waals surface area contributed by atoms with Crippen LogP contribution in [0, 0.1) is 19.3 Å². The second-order valence-electron chi connectivity index (χ2n) is 10.5. The molecule has 0 spiro atoms. The zero-order valence-electron chi connectivity index (χ0n) is 22.7. The average molecular weight is 534 g/mol. The van der Waals surface area contributed by atoms with Gasteiger partial charge in [0.1, 0.15) is 0 Å². The number of imidazole rings is 1. The number of pyridine rings is 1. The smallest absolute Gasteiger partial charge is 0.332 e. The van der Waals surface area contributed by atoms with Crippen LogP contribution in [0.2, 0.25) is 0 Å². The zero-order valence-corrected chi connectivity index (χ0v) is 22.7. The van der Waals surface area contributed by atoms with Gasteiger partial charge in [0.2, 0.25) is 5.95 Å². The molecular formula is C31H31N7O2. The van der Waals surface area contributed by atoms with Crippen LogP contribution in [0.4, 0.5) is 5.95 Å². The number of anilines is 1. The van der Waals surface area contributed by atoms with Gasteiger partial charge in [-0.15, -0.1) is 6.42 Å². The standard InChI is InChI=1S/C31H31N7O2/c1-4-21-10-5-6-12-23(21)17-37-27-28(34-30(37)36-15-9-13-24(32)18-36)35(3)31(40)38(29(27)39)19-26-25-14-8-7-11-22(25)16-20(2)33-26/h1,5-8,10-12,14,16,24H,9,13,15,17-19,32H2,2-3H3/t24-/m1/s1. The van der Waals surface area contributed by atoms with Gasteiger partial charge in [0.15, 0.2) is 11.2 Å². The lowest BCUT2D eigenvalue weighted by atomic mass is 10.1. The summed E-state index contributed by atoms with van der Waals surface area (Å²) in [5.41, 5.74) is 9.26. The molecule has 9 nitrogen and oxygen atoms in total. The molecule has 1 aliphatic rings. The van der Waals surface area contributed by atoms with Crippen molar-refractivity contribution in [3.05, 3.63) is 98.0 Å². The second-order valence-corrected chi connectivity index (χ2v) is 10.5. The average Bonchev–Trinajstić information content (AvgIpc) is 3.33. The predicted octanol–water partition coefficient (Wildman–Crippen LogP) is 2.76. The summed E-state index contributed by atoms with van der Waals surface area (Å²) in [6, 6.07) is 17.5. The van der Waals surface area contributed by atoms with Gasteiger partial charge in [-0.05, 0) is 42.8 Å². The second kappa shape index (κ2) is 10.1. The molecule has 40 heavy (non-hydrogen) atoms. The zero-order chi connectivity index (χ0) is 28.0. The first-order valence-corrected chi connectivity index (χ1v) is 13.5. The van der Waals surface area contributed by atoms with E-state index in [0.29, 0.717) is 35.9 Å². The molecule has 0 unspecified atom stereocenters. The minimum atomic E-state index is -0.444. The summed E-state index contributed by atoms with van der Waals surface area (Å²) in [6.45, 7) is 3.65. The van der Waals surface area contributed by atoms with E-state index in [1.54, 1.807) is 7.05 Å². The Morgan fingerprint density at radius 2 is 1.82 bits per heavy atom. The number of benzene rings is 2. The number of hydrogen-bond donors (Lipinski definition) is 1. The van der Waals surface area contributed by atoms with E-state index >= 15 is 0 Å². The van der Waals surface area contributed by atoms with Crippen LogP contribution in [0.15, 0.2) is 64.2 Å². The Balaban J connectivity index is 1.59. The Hall–Kier alpha value is -4.68. The number of aryl methyl sites for hydroxylation is 2. The molecule has 3 aromatic heterocycles. The molecule has 2 aromatic carbocycles. The van der Waals surface area contributed by atoms with Crippen LogP contribution < -0.4 is 21.9 Å². The number of nitrogens with zero attached hydrogens (tertiary/aromatic N) is 6. The van der Waals surface area contributed by atoms with Gasteiger partial charge in [0, 0.05) is 42.8 Å². The Morgan fingerprint density at radius 3 is 2.62 bits per heavy atom. The highest BCUT2D eigenvalue weighted by Crippen LogP contribution is 2.25. The number of fused-ring (bicyclic) bond motifs is 2. The summed E-state index contributed by atoms with van der Waals surface area (Å²) in [6.07, 6.45) is 7.66. The van der Waals surface area contributed by atoms with Crippen LogP contribution in [0.1, 0.15) is 35.4 Å². The molecule has 1 aliphatic heterocycles. The minimum Gasteiger partial charge on any atom is -0.341 e. The molecule has 9 heteroatoms. The maximum Gasteiger partial charge on any atom is 0.332 e. The lowest BCUT2D eigenvalue weighted by Crippen LogP contribution is -2.44. The van der Waals surface area contributed by atoms with Crippen molar-refractivity contribution >= 4 is 27.9 Å². The van der Waals surface area contributed by atoms with Crippen LogP contribution in [0.25, 0.3) is 21.9 Å². The Kier molecular flexibility index (Phi) is 6.48. The van der Waals surface area contributed by atoms with Crippen LogP contribution in [-0.4, -0.2) is 42.8 Å². The summed E-state index contributed by atoms with van der Waals surface area (Å²) in [5.74, 6) is 3.36. The summed E-state index contributed by atoms with van der Waals surface area (Å²) in [4.78, 5) is 39.5. The van der Waals surface area contributed by atoms with Crippen molar-refractivity contribution in [2.45, 2.75) is 38.9 Å². The van der Waals surface area contributed by atoms with Crippen molar-refractivity contribution in [3.8, 4) is 12.3 Å². The van der Waals surface area contributed by atoms with Crippen LogP contribution in [0.5, 0.6) is 0 Å². The van der Waals surface area contributed by atoms with Crippen molar-refractivity contribution in [1.82, 2.24) is 23.7 Å². The van der Waals surface area contributed by atoms with Crippen LogP contribution in [-0.2, 0) is 20.1 Å². The van der Waals surface area contributed by atoms with E-state index in [1.165, 1.54) is 9.13 Å². The monoisotopic (exact) mass is 533 g/mol. The fourth-order valence-electron chi connectivity index (χ4n) is 5.74. The van der Waals surface area contributed by atoms with Gasteiger partial charge in [-0.1, -0.05) is 48.4 Å². The number of aromatic nitrogens is 5. The maximum absolute atomic E-state index is 14.2. The third-order valence-electron chi connectivity index (χ3n) is 7.71. The number of nitrogens with two attached hydrogens (primary N) is 1. The van der Waals surface area contributed by atoms with Crippen LogP contribution >= 0.6 is 0 Å². The van der Waals surface area contributed by atoms with E-state index < -0.39 is 11.2 Å². The molecular weight excluding hydrogens is 502 g/mol. The SMILES string of the molecule is C#Cc1ccccc1Cn1c(N2CCC[C@@H](N)C2)nc2c1c(=O)n(Cc1nc(C)cc3ccccc13)c(=O)n2C. The largest absolute Gasteiger partial charge is 0.341 e. The normalized spacial score (nSPS) is 15.6. The highest BCUT2D eigenvalue weighted by atomic mass is 16.2. The van der Waals surface area contributed by atoms with Crippen molar-refractivity contribution < 1.29 is 0 Å². The van der Waals surface area contributed by atoms with E-state index in [2.05, 4.69) is 10.8 Å². The molecule has 202 valence electrons. The fraction of sp³-hybridized carbons (Fsp3) is 0.290. The molecule has 1 fully saturated rings. The van der Waals surface area contributed by atoms with E-state index in [1.807, 2.05) is 66.1 Å². The molecule has 0 aliphatic carbocycles. The third-order valence-corrected chi connectivity index (χ3v) is 7.71. The quantitative estimate of drug-likeness (QED) is 0.349. The molecule has 1 saturated heterocycles. The molecule has 6 rings (SSSR count). The highest BCUT2D eigenvalue weighted by molar-refractivity contribution is 5.85. The highest BCUT2D eigenvalue weighted by Gasteiger charge is 2.27. The van der Waals surface area contributed by atoms with Crippen LogP contribution in [0.3, 0.4) is 0 Å². The molecule has 0 bridgehead atoms. The maximum atomic E-state index is 14.2. The number of rotatable bonds is 5. The first-order valence-electron chi connectivity index (χ1n) is 13.5. The first kappa shape index (κ1) is 25.6. The lowest BCUT2D eigenvalue weighted by Gasteiger charge is -2.32. The molecule has 4 heterocycles. The number of terminal acetylenes is 1. The molecule has 0 amide bonds. The third kappa shape index (κ3) is 4.36. The van der Waals surface area contributed by atoms with E-state index in [0.717, 1.165) is 47.0 Å². The first-order chi connectivity index (χ1) is 19.4. The van der Waals surface area contributed by atoms with E-state index in [-0.39, 0.29) is 12.6 Å². The number of piperidine rings is 1. The van der Waals surface area contributed by atoms with Gasteiger partial charge < -0.3 is 10.6 Å². The minimum absolute atomic E-state index is 0.00107. The summed E-state index contributed by atoms with van der Waals surface area (Å²) in [7, 11) is 1.65. The van der Waals surface area contributed by atoms with Gasteiger partial charge in [-0.25, -0.2) is 4.79 Å². The van der Waals surface area contributed by atoms with E-state index in [9.17, 15) is 9.59 Å². The topological polar surface area (TPSA) is 104 Å². The molecule has 1 atom stereocenters. The van der Waals surface area contributed by atoms with Crippen molar-refractivity contribution in [2.75, 3.05) is 18.0 Å². The Bertz CT molecular complexity index is 1930. The Labute approximate surface area is 231 Å². The van der Waals surface area contributed by atoms with Gasteiger partial charge in [-0.3, -0.25) is 23.5 Å². The van der Waals surface area contributed by atoms with Gasteiger partial charge >= 0.3 is 5.69 Å². The van der Waals surface area contributed by atoms with Crippen molar-refractivity contribution in [2.24, 2.45) is 12.8 Å². The molecule has 5 aromatic rings. The van der Waals surface area contributed by atoms with Gasteiger partial charge in [0.05, 0.1) is 18.8 Å². The number of hydrogen-bond acceptors (Lipinski definition) is 6. The summed E-state index contributed by atoms with van der Waals surface area (Å²) in [5, 5.41) is 1.91. The molecule has 0 radical (unpaired) electrons. The lowest BCUT2D eigenvalue weighted by molar-refractivity contribution is 0.495. The van der Waals surface area contributed by atoms with Gasteiger partial charge in [0.25, 0.3) is 5.56 Å². The Morgan fingerprint density at radius 1 is 1.05 bits per heavy atom. The van der Waals surface area contributed by atoms with Gasteiger partial charge in [-0.2, -0.15) is 4.98 Å². The molecule has 0 saturated carbocycles.